The van der Waals surface area contributed by atoms with Gasteiger partial charge in [0.2, 0.25) is 0 Å². The van der Waals surface area contributed by atoms with E-state index in [0.29, 0.717) is 12.8 Å². The molecule has 0 aliphatic heterocycles. The molecule has 0 heterocycles. The van der Waals surface area contributed by atoms with E-state index in [9.17, 15) is 23.8 Å². The Morgan fingerprint density at radius 1 is 0.577 bits per heavy atom. The number of aliphatic carboxylic acids is 1. The van der Waals surface area contributed by atoms with E-state index in [4.69, 9.17) is 24.8 Å². The number of allylic oxidation sites excluding steroid dienone is 4. The maximum absolute atomic E-state index is 12.6. The Kier molecular flexibility index (Phi) is 34.6. The van der Waals surface area contributed by atoms with Crippen molar-refractivity contribution in [1.82, 2.24) is 0 Å². The Bertz CT molecular complexity index is 989. The molecule has 52 heavy (non-hydrogen) atoms. The predicted octanol–water partition coefficient (Wildman–Crippen LogP) is 10.3. The summed E-state index contributed by atoms with van der Waals surface area (Å²) in [7, 11) is -4.72. The Labute approximate surface area is 315 Å². The fourth-order valence-corrected chi connectivity index (χ4v) is 6.21. The van der Waals surface area contributed by atoms with Gasteiger partial charge in [0, 0.05) is 12.8 Å². The first-order chi connectivity index (χ1) is 25.1. The molecule has 0 amide bonds. The van der Waals surface area contributed by atoms with Gasteiger partial charge in [-0.05, 0) is 51.4 Å². The molecule has 0 saturated heterocycles. The van der Waals surface area contributed by atoms with Gasteiger partial charge in [-0.2, -0.15) is 0 Å². The third kappa shape index (κ3) is 35.0. The lowest BCUT2D eigenvalue weighted by atomic mass is 10.1. The summed E-state index contributed by atoms with van der Waals surface area (Å²) in [6.07, 6.45) is 35.5. The summed E-state index contributed by atoms with van der Waals surface area (Å²) in [5.74, 6) is -2.46. The first-order valence-corrected chi connectivity index (χ1v) is 21.9. The highest BCUT2D eigenvalue weighted by Gasteiger charge is 2.28. The van der Waals surface area contributed by atoms with Crippen LogP contribution in [-0.4, -0.2) is 59.9 Å². The zero-order valence-corrected chi connectivity index (χ0v) is 33.5. The molecule has 4 N–H and O–H groups in total. The molecule has 0 rings (SSSR count). The largest absolute Gasteiger partial charge is 0.480 e. The van der Waals surface area contributed by atoms with Crippen LogP contribution in [0.25, 0.3) is 0 Å². The zero-order chi connectivity index (χ0) is 38.5. The minimum Gasteiger partial charge on any atom is -0.480 e. The average Bonchev–Trinajstić information content (AvgIpc) is 3.12. The first-order valence-electron chi connectivity index (χ1n) is 20.4. The van der Waals surface area contributed by atoms with Crippen molar-refractivity contribution in [2.45, 2.75) is 193 Å². The van der Waals surface area contributed by atoms with Crippen LogP contribution in [-0.2, 0) is 37.5 Å². The Morgan fingerprint density at radius 2 is 1.00 bits per heavy atom. The normalized spacial score (nSPS) is 14.1. The van der Waals surface area contributed by atoms with Gasteiger partial charge in [0.15, 0.2) is 6.10 Å². The molecule has 304 valence electrons. The van der Waals surface area contributed by atoms with Gasteiger partial charge < -0.3 is 25.2 Å². The summed E-state index contributed by atoms with van der Waals surface area (Å²) in [6, 6.07) is -1.52. The van der Waals surface area contributed by atoms with Crippen LogP contribution in [0.2, 0.25) is 0 Å². The molecule has 0 aromatic heterocycles. The number of rotatable bonds is 38. The summed E-state index contributed by atoms with van der Waals surface area (Å²) in [6.45, 7) is 2.73. The van der Waals surface area contributed by atoms with Gasteiger partial charge in [0.05, 0.1) is 13.2 Å². The number of hydrogen-bond acceptors (Lipinski definition) is 9. The van der Waals surface area contributed by atoms with Crippen molar-refractivity contribution >= 4 is 25.7 Å². The van der Waals surface area contributed by atoms with Crippen LogP contribution in [0.15, 0.2) is 24.3 Å². The number of nitrogens with two attached hydrogens (primary N) is 1. The van der Waals surface area contributed by atoms with Crippen molar-refractivity contribution in [2.75, 3.05) is 19.8 Å². The fourth-order valence-electron chi connectivity index (χ4n) is 5.43. The van der Waals surface area contributed by atoms with Gasteiger partial charge in [0.1, 0.15) is 12.6 Å². The van der Waals surface area contributed by atoms with Crippen LogP contribution in [0.5, 0.6) is 0 Å². The van der Waals surface area contributed by atoms with Crippen molar-refractivity contribution in [3.05, 3.63) is 24.3 Å². The maximum atomic E-state index is 12.6. The SMILES string of the molecule is CCCCCCCC/C=C/CCCCCC(=O)O[C@H](COC(=O)CC/C=C/CCCCCCCCCCCCC)COP(=O)(O)OC[C@H](N)C(=O)O. The number of phosphoric acid groups is 1. The number of carbonyl (C=O) groups is 3. The van der Waals surface area contributed by atoms with Gasteiger partial charge in [-0.3, -0.25) is 23.4 Å². The molecule has 1 unspecified atom stereocenters. The second-order valence-corrected chi connectivity index (χ2v) is 15.2. The van der Waals surface area contributed by atoms with Crippen molar-refractivity contribution in [3.63, 3.8) is 0 Å². The molecular weight excluding hydrogens is 685 g/mol. The summed E-state index contributed by atoms with van der Waals surface area (Å²) in [4.78, 5) is 45.8. The molecule has 0 aromatic carbocycles. The van der Waals surface area contributed by atoms with E-state index in [2.05, 4.69) is 36.6 Å². The first kappa shape index (κ1) is 50.0. The van der Waals surface area contributed by atoms with Gasteiger partial charge in [-0.15, -0.1) is 0 Å². The molecule has 0 aromatic rings. The number of ether oxygens (including phenoxy) is 2. The molecule has 0 saturated carbocycles. The lowest BCUT2D eigenvalue weighted by Gasteiger charge is -2.20. The number of hydrogen-bond donors (Lipinski definition) is 3. The van der Waals surface area contributed by atoms with E-state index in [-0.39, 0.29) is 19.4 Å². The minimum atomic E-state index is -4.72. The molecule has 11 nitrogen and oxygen atoms in total. The molecule has 0 aliphatic carbocycles. The van der Waals surface area contributed by atoms with E-state index in [1.807, 2.05) is 6.08 Å². The zero-order valence-electron chi connectivity index (χ0n) is 32.7. The third-order valence-electron chi connectivity index (χ3n) is 8.69. The molecular formula is C40H74NO10P. The number of esters is 2. The summed E-state index contributed by atoms with van der Waals surface area (Å²) < 4.78 is 32.5. The van der Waals surface area contributed by atoms with Crippen molar-refractivity contribution < 1.29 is 47.5 Å². The highest BCUT2D eigenvalue weighted by molar-refractivity contribution is 7.47. The third-order valence-corrected chi connectivity index (χ3v) is 9.64. The standard InChI is InChI=1S/C40H74NO10P/c1-3-5-7-9-11-13-15-17-18-20-21-23-25-27-29-31-38(42)48-33-36(34-49-52(46,47)50-35-37(41)40(44)45)51-39(43)32-30-28-26-24-22-19-16-14-12-10-8-6-4-2/h19,22,25,27,36-37H,3-18,20-21,23-24,26,28-35,41H2,1-2H3,(H,44,45)(H,46,47)/b22-19+,27-25+/t36-,37+/m1/s1. The van der Waals surface area contributed by atoms with Crippen molar-refractivity contribution in [3.8, 4) is 0 Å². The van der Waals surface area contributed by atoms with Crippen molar-refractivity contribution in [2.24, 2.45) is 5.73 Å². The summed E-state index contributed by atoms with van der Waals surface area (Å²) >= 11 is 0. The number of phosphoric ester groups is 1. The quantitative estimate of drug-likeness (QED) is 0.0237. The average molecular weight is 760 g/mol. The van der Waals surface area contributed by atoms with E-state index in [1.54, 1.807) is 0 Å². The van der Waals surface area contributed by atoms with Crippen LogP contribution in [0.3, 0.4) is 0 Å². The molecule has 0 aliphatic rings. The number of carbonyl (C=O) groups excluding carboxylic acids is 2. The Hall–Kier alpha value is -2.04. The van der Waals surface area contributed by atoms with Crippen LogP contribution < -0.4 is 5.73 Å². The van der Waals surface area contributed by atoms with Crippen LogP contribution in [0, 0.1) is 0 Å². The lowest BCUT2D eigenvalue weighted by Crippen LogP contribution is -2.34. The molecule has 0 radical (unpaired) electrons. The van der Waals surface area contributed by atoms with E-state index >= 15 is 0 Å². The predicted molar refractivity (Wildman–Crippen MR) is 208 cm³/mol. The maximum Gasteiger partial charge on any atom is 0.472 e. The van der Waals surface area contributed by atoms with Gasteiger partial charge in [-0.25, -0.2) is 4.57 Å². The topological polar surface area (TPSA) is 172 Å². The number of carboxylic acids is 1. The smallest absolute Gasteiger partial charge is 0.472 e. The highest BCUT2D eigenvalue weighted by atomic mass is 31.2. The summed E-state index contributed by atoms with van der Waals surface area (Å²) in [5, 5.41) is 8.86. The minimum absolute atomic E-state index is 0.136. The Balaban J connectivity index is 4.46. The van der Waals surface area contributed by atoms with Crippen LogP contribution in [0.4, 0.5) is 0 Å². The monoisotopic (exact) mass is 760 g/mol. The molecule has 0 spiro atoms. The second-order valence-electron chi connectivity index (χ2n) is 13.8. The van der Waals surface area contributed by atoms with E-state index < -0.39 is 51.1 Å². The number of carboxylic acid groups (broad SMARTS) is 1. The molecule has 0 fully saturated rings. The van der Waals surface area contributed by atoms with Gasteiger partial charge in [-0.1, -0.05) is 141 Å². The van der Waals surface area contributed by atoms with Gasteiger partial charge in [0.25, 0.3) is 0 Å². The van der Waals surface area contributed by atoms with E-state index in [0.717, 1.165) is 38.5 Å². The van der Waals surface area contributed by atoms with E-state index in [1.165, 1.54) is 103 Å². The van der Waals surface area contributed by atoms with Crippen LogP contribution >= 0.6 is 7.82 Å². The van der Waals surface area contributed by atoms with Crippen molar-refractivity contribution in [1.29, 1.82) is 0 Å². The lowest BCUT2D eigenvalue weighted by molar-refractivity contribution is -0.161. The molecule has 0 bridgehead atoms. The molecule has 3 atom stereocenters. The Morgan fingerprint density at radius 3 is 1.48 bits per heavy atom. The van der Waals surface area contributed by atoms with Crippen LogP contribution in [0.1, 0.15) is 181 Å². The highest BCUT2D eigenvalue weighted by Crippen LogP contribution is 2.43. The molecule has 12 heteroatoms. The fraction of sp³-hybridized carbons (Fsp3) is 0.825. The summed E-state index contributed by atoms with van der Waals surface area (Å²) in [5.41, 5.74) is 5.32. The second kappa shape index (κ2) is 36.0. The van der Waals surface area contributed by atoms with Gasteiger partial charge >= 0.3 is 25.7 Å². The number of unbranched alkanes of at least 4 members (excludes halogenated alkanes) is 20.